The number of nitrogens with two attached hydrogens (primary N) is 1. The van der Waals surface area contributed by atoms with Crippen molar-refractivity contribution in [1.82, 2.24) is 14.8 Å². The predicted octanol–water partition coefficient (Wildman–Crippen LogP) is 0.445. The molecule has 1 aromatic heterocycles. The Balaban J connectivity index is 2.18. The molecule has 0 saturated carbocycles. The molecule has 0 aliphatic rings. The van der Waals surface area contributed by atoms with E-state index in [4.69, 9.17) is 5.73 Å². The SMILES string of the molecule is CN(Cc1ccc(O)c(O)c1)c1nnc(N)n1C. The first-order valence-electron chi connectivity index (χ1n) is 5.36. The van der Waals surface area contributed by atoms with Crippen molar-refractivity contribution in [3.63, 3.8) is 0 Å². The van der Waals surface area contributed by atoms with E-state index >= 15 is 0 Å². The molecule has 0 fully saturated rings. The largest absolute Gasteiger partial charge is 0.504 e. The van der Waals surface area contributed by atoms with Gasteiger partial charge >= 0.3 is 0 Å². The Kier molecular flexibility index (Phi) is 2.97. The smallest absolute Gasteiger partial charge is 0.228 e. The Morgan fingerprint density at radius 2 is 2.00 bits per heavy atom. The fourth-order valence-electron chi connectivity index (χ4n) is 1.68. The van der Waals surface area contributed by atoms with Gasteiger partial charge < -0.3 is 20.8 Å². The molecule has 0 aliphatic heterocycles. The summed E-state index contributed by atoms with van der Waals surface area (Å²) in [6.07, 6.45) is 0. The van der Waals surface area contributed by atoms with Gasteiger partial charge in [0.25, 0.3) is 0 Å². The Labute approximate surface area is 104 Å². The number of aromatic hydroxyl groups is 2. The summed E-state index contributed by atoms with van der Waals surface area (Å²) >= 11 is 0. The average molecular weight is 249 g/mol. The Bertz CT molecular complexity index is 567. The highest BCUT2D eigenvalue weighted by atomic mass is 16.3. The minimum Gasteiger partial charge on any atom is -0.504 e. The molecule has 2 rings (SSSR count). The van der Waals surface area contributed by atoms with Crippen LogP contribution in [0.1, 0.15) is 5.56 Å². The summed E-state index contributed by atoms with van der Waals surface area (Å²) in [5, 5.41) is 26.4. The predicted molar refractivity (Wildman–Crippen MR) is 67.3 cm³/mol. The number of hydrogen-bond donors (Lipinski definition) is 3. The highest BCUT2D eigenvalue weighted by Gasteiger charge is 2.11. The first-order valence-corrected chi connectivity index (χ1v) is 5.36. The molecular weight excluding hydrogens is 234 g/mol. The molecule has 0 amide bonds. The molecule has 4 N–H and O–H groups in total. The van der Waals surface area contributed by atoms with E-state index in [-0.39, 0.29) is 11.5 Å². The molecule has 7 nitrogen and oxygen atoms in total. The van der Waals surface area contributed by atoms with Gasteiger partial charge in [-0.1, -0.05) is 6.07 Å². The second kappa shape index (κ2) is 4.44. The molecule has 1 heterocycles. The summed E-state index contributed by atoms with van der Waals surface area (Å²) in [7, 11) is 3.61. The van der Waals surface area contributed by atoms with Gasteiger partial charge in [0.05, 0.1) is 0 Å². The third kappa shape index (κ3) is 2.15. The van der Waals surface area contributed by atoms with Crippen LogP contribution in [-0.2, 0) is 13.6 Å². The number of phenols is 2. The van der Waals surface area contributed by atoms with Crippen molar-refractivity contribution in [3.8, 4) is 11.5 Å². The quantitative estimate of drug-likeness (QED) is 0.683. The van der Waals surface area contributed by atoms with Gasteiger partial charge in [-0.2, -0.15) is 0 Å². The lowest BCUT2D eigenvalue weighted by molar-refractivity contribution is 0.403. The van der Waals surface area contributed by atoms with Gasteiger partial charge in [-0.15, -0.1) is 10.2 Å². The molecule has 1 aromatic carbocycles. The molecule has 0 spiro atoms. The summed E-state index contributed by atoms with van der Waals surface area (Å²) in [4.78, 5) is 1.84. The lowest BCUT2D eigenvalue weighted by atomic mass is 10.2. The van der Waals surface area contributed by atoms with E-state index in [0.717, 1.165) is 5.56 Å². The fraction of sp³-hybridized carbons (Fsp3) is 0.273. The number of hydrogen-bond acceptors (Lipinski definition) is 6. The third-order valence-electron chi connectivity index (χ3n) is 2.69. The molecule has 0 radical (unpaired) electrons. The van der Waals surface area contributed by atoms with Crippen molar-refractivity contribution in [3.05, 3.63) is 23.8 Å². The van der Waals surface area contributed by atoms with E-state index in [1.807, 2.05) is 11.9 Å². The van der Waals surface area contributed by atoms with E-state index in [1.165, 1.54) is 12.1 Å². The Morgan fingerprint density at radius 3 is 2.56 bits per heavy atom. The first-order chi connectivity index (χ1) is 8.49. The van der Waals surface area contributed by atoms with Gasteiger partial charge in [0.2, 0.25) is 11.9 Å². The van der Waals surface area contributed by atoms with Crippen LogP contribution in [0.2, 0.25) is 0 Å². The van der Waals surface area contributed by atoms with Crippen molar-refractivity contribution < 1.29 is 10.2 Å². The lowest BCUT2D eigenvalue weighted by Gasteiger charge is -2.17. The van der Waals surface area contributed by atoms with E-state index in [0.29, 0.717) is 18.4 Å². The number of phenolic OH excluding ortho intramolecular Hbond substituents is 2. The highest BCUT2D eigenvalue weighted by molar-refractivity contribution is 5.43. The van der Waals surface area contributed by atoms with Crippen molar-refractivity contribution in [2.45, 2.75) is 6.54 Å². The van der Waals surface area contributed by atoms with Crippen LogP contribution >= 0.6 is 0 Å². The molecule has 18 heavy (non-hydrogen) atoms. The first kappa shape index (κ1) is 12.0. The van der Waals surface area contributed by atoms with Crippen LogP contribution in [0.5, 0.6) is 11.5 Å². The zero-order chi connectivity index (χ0) is 13.3. The molecule has 0 saturated heterocycles. The topological polar surface area (TPSA) is 100 Å². The number of benzene rings is 1. The summed E-state index contributed by atoms with van der Waals surface area (Å²) in [6, 6.07) is 4.68. The molecule has 96 valence electrons. The molecular formula is C11H15N5O2. The second-order valence-corrected chi connectivity index (χ2v) is 4.10. The van der Waals surface area contributed by atoms with Crippen molar-refractivity contribution in [1.29, 1.82) is 0 Å². The van der Waals surface area contributed by atoms with Gasteiger partial charge in [-0.25, -0.2) is 0 Å². The fourth-order valence-corrected chi connectivity index (χ4v) is 1.68. The van der Waals surface area contributed by atoms with Gasteiger partial charge in [-0.3, -0.25) is 4.57 Å². The van der Waals surface area contributed by atoms with Crippen LogP contribution < -0.4 is 10.6 Å². The second-order valence-electron chi connectivity index (χ2n) is 4.10. The number of anilines is 2. The van der Waals surface area contributed by atoms with Crippen LogP contribution in [0.3, 0.4) is 0 Å². The normalized spacial score (nSPS) is 10.6. The van der Waals surface area contributed by atoms with Crippen LogP contribution in [0.25, 0.3) is 0 Å². The third-order valence-corrected chi connectivity index (χ3v) is 2.69. The summed E-state index contributed by atoms with van der Waals surface area (Å²) in [6.45, 7) is 0.514. The van der Waals surface area contributed by atoms with Crippen LogP contribution in [0.15, 0.2) is 18.2 Å². The van der Waals surface area contributed by atoms with Crippen LogP contribution in [-0.4, -0.2) is 32.0 Å². The van der Waals surface area contributed by atoms with Crippen molar-refractivity contribution in [2.24, 2.45) is 7.05 Å². The Hall–Kier alpha value is -2.44. The number of nitrogen functional groups attached to an aromatic ring is 1. The molecule has 0 atom stereocenters. The summed E-state index contributed by atoms with van der Waals surface area (Å²) < 4.78 is 1.67. The van der Waals surface area contributed by atoms with Gasteiger partial charge in [0.1, 0.15) is 0 Å². The van der Waals surface area contributed by atoms with Crippen LogP contribution in [0, 0.1) is 0 Å². The van der Waals surface area contributed by atoms with E-state index in [1.54, 1.807) is 17.7 Å². The van der Waals surface area contributed by atoms with Crippen molar-refractivity contribution in [2.75, 3.05) is 17.7 Å². The minimum atomic E-state index is -0.140. The van der Waals surface area contributed by atoms with Gasteiger partial charge in [-0.05, 0) is 17.7 Å². The number of rotatable bonds is 3. The maximum absolute atomic E-state index is 9.42. The van der Waals surface area contributed by atoms with Crippen LogP contribution in [0.4, 0.5) is 11.9 Å². The average Bonchev–Trinajstić information content (AvgIpc) is 2.65. The van der Waals surface area contributed by atoms with Gasteiger partial charge in [0.15, 0.2) is 11.5 Å². The van der Waals surface area contributed by atoms with E-state index < -0.39 is 0 Å². The minimum absolute atomic E-state index is 0.135. The molecule has 0 unspecified atom stereocenters. The summed E-state index contributed by atoms with van der Waals surface area (Å²) in [5.41, 5.74) is 6.45. The lowest BCUT2D eigenvalue weighted by Crippen LogP contribution is -2.20. The highest BCUT2D eigenvalue weighted by Crippen LogP contribution is 2.26. The van der Waals surface area contributed by atoms with Crippen molar-refractivity contribution >= 4 is 11.9 Å². The zero-order valence-electron chi connectivity index (χ0n) is 10.2. The molecule has 0 bridgehead atoms. The monoisotopic (exact) mass is 249 g/mol. The zero-order valence-corrected chi connectivity index (χ0v) is 10.2. The van der Waals surface area contributed by atoms with E-state index in [9.17, 15) is 10.2 Å². The number of aromatic nitrogens is 3. The Morgan fingerprint density at radius 1 is 1.28 bits per heavy atom. The molecule has 7 heteroatoms. The summed E-state index contributed by atoms with van der Waals surface area (Å²) in [5.74, 6) is 0.688. The maximum atomic E-state index is 9.42. The standard InChI is InChI=1S/C11H15N5O2/c1-15(11-14-13-10(12)16(11)2)6-7-3-4-8(17)9(18)5-7/h3-5,17-18H,6H2,1-2H3,(H2,12,13). The maximum Gasteiger partial charge on any atom is 0.228 e. The van der Waals surface area contributed by atoms with Gasteiger partial charge in [0, 0.05) is 20.6 Å². The molecule has 0 aliphatic carbocycles. The van der Waals surface area contributed by atoms with E-state index in [2.05, 4.69) is 10.2 Å². The molecule has 2 aromatic rings. The number of nitrogens with zero attached hydrogens (tertiary/aromatic N) is 4.